The van der Waals surface area contributed by atoms with Crippen LogP contribution in [0, 0.1) is 24.6 Å². The first-order valence-electron chi connectivity index (χ1n) is 11.2. The van der Waals surface area contributed by atoms with Crippen LogP contribution in [0.5, 0.6) is 0 Å². The van der Waals surface area contributed by atoms with Crippen LogP contribution in [0.2, 0.25) is 0 Å². The number of amides is 1. The minimum absolute atomic E-state index is 0.157. The first kappa shape index (κ1) is 19.9. The second kappa shape index (κ2) is 7.69. The van der Waals surface area contributed by atoms with E-state index in [4.69, 9.17) is 4.42 Å². The monoisotopic (exact) mass is 442 g/mol. The number of carbonyl (C=O) groups is 1. The van der Waals surface area contributed by atoms with E-state index < -0.39 is 5.82 Å². The quantitative estimate of drug-likeness (QED) is 0.466. The van der Waals surface area contributed by atoms with Crippen LogP contribution in [0.25, 0.3) is 22.2 Å². The van der Waals surface area contributed by atoms with Gasteiger partial charge in [-0.1, -0.05) is 42.5 Å². The summed E-state index contributed by atoms with van der Waals surface area (Å²) in [6, 6.07) is 16.2. The zero-order chi connectivity index (χ0) is 22.5. The molecule has 0 aliphatic carbocycles. The van der Waals surface area contributed by atoms with Crippen LogP contribution in [0.4, 0.5) is 10.3 Å². The number of halogens is 1. The Morgan fingerprint density at radius 2 is 1.73 bits per heavy atom. The molecule has 2 aromatic heterocycles. The van der Waals surface area contributed by atoms with Crippen molar-refractivity contribution >= 4 is 23.0 Å². The molecule has 6 rings (SSSR count). The maximum Gasteiger partial charge on any atom is 0.257 e. The smallest absolute Gasteiger partial charge is 0.257 e. The summed E-state index contributed by atoms with van der Waals surface area (Å²) in [6.07, 6.45) is 1.63. The summed E-state index contributed by atoms with van der Waals surface area (Å²) >= 11 is 0. The lowest BCUT2D eigenvalue weighted by atomic mass is 9.98. The van der Waals surface area contributed by atoms with E-state index >= 15 is 0 Å². The SMILES string of the molecule is Cc1nc(N2C[C@H]3CN(C(=O)c4c(F)cccc4-c4ccccc4)C[C@H]3C2)nc2ccoc12. The van der Waals surface area contributed by atoms with Crippen LogP contribution in [0.15, 0.2) is 65.3 Å². The van der Waals surface area contributed by atoms with Crippen LogP contribution >= 0.6 is 0 Å². The van der Waals surface area contributed by atoms with Gasteiger partial charge >= 0.3 is 0 Å². The van der Waals surface area contributed by atoms with Gasteiger partial charge in [0.1, 0.15) is 11.3 Å². The second-order valence-electron chi connectivity index (χ2n) is 8.91. The number of aromatic nitrogens is 2. The molecule has 0 N–H and O–H groups in total. The molecule has 1 amide bonds. The molecule has 33 heavy (non-hydrogen) atoms. The highest BCUT2D eigenvalue weighted by Gasteiger charge is 2.43. The number of hydrogen-bond acceptors (Lipinski definition) is 5. The Kier molecular flexibility index (Phi) is 4.64. The molecule has 166 valence electrons. The molecular weight excluding hydrogens is 419 g/mol. The molecule has 2 fully saturated rings. The molecule has 2 atom stereocenters. The third kappa shape index (κ3) is 3.35. The van der Waals surface area contributed by atoms with Crippen LogP contribution in [-0.4, -0.2) is 47.0 Å². The lowest BCUT2D eigenvalue weighted by Gasteiger charge is -2.23. The Labute approximate surface area is 190 Å². The Bertz CT molecular complexity index is 1340. The fourth-order valence-electron chi connectivity index (χ4n) is 5.22. The maximum atomic E-state index is 14.9. The first-order valence-corrected chi connectivity index (χ1v) is 11.2. The number of rotatable bonds is 3. The van der Waals surface area contributed by atoms with Crippen LogP contribution in [0.1, 0.15) is 16.1 Å². The average Bonchev–Trinajstić information content (AvgIpc) is 3.54. The van der Waals surface area contributed by atoms with Crippen molar-refractivity contribution in [1.29, 1.82) is 0 Å². The molecule has 0 bridgehead atoms. The molecule has 2 aromatic carbocycles. The van der Waals surface area contributed by atoms with E-state index in [1.807, 2.05) is 54.3 Å². The number of aryl methyl sites for hydroxylation is 1. The van der Waals surface area contributed by atoms with Crippen molar-refractivity contribution in [3.63, 3.8) is 0 Å². The number of hydrogen-bond donors (Lipinski definition) is 0. The van der Waals surface area contributed by atoms with Gasteiger partial charge in [0.2, 0.25) is 5.95 Å². The van der Waals surface area contributed by atoms with Gasteiger partial charge in [0.15, 0.2) is 5.58 Å². The normalized spacial score (nSPS) is 19.9. The van der Waals surface area contributed by atoms with Crippen molar-refractivity contribution in [3.05, 3.63) is 77.9 Å². The van der Waals surface area contributed by atoms with Crippen molar-refractivity contribution < 1.29 is 13.6 Å². The van der Waals surface area contributed by atoms with E-state index in [1.165, 1.54) is 6.07 Å². The lowest BCUT2D eigenvalue weighted by molar-refractivity contribution is 0.0778. The predicted molar refractivity (Wildman–Crippen MR) is 123 cm³/mol. The Hall–Kier alpha value is -3.74. The van der Waals surface area contributed by atoms with E-state index in [0.717, 1.165) is 29.9 Å². The lowest BCUT2D eigenvalue weighted by Crippen LogP contribution is -2.34. The summed E-state index contributed by atoms with van der Waals surface area (Å²) in [5.74, 6) is 0.612. The second-order valence-corrected chi connectivity index (χ2v) is 8.91. The number of anilines is 1. The fourth-order valence-corrected chi connectivity index (χ4v) is 5.22. The molecule has 0 saturated carbocycles. The zero-order valence-corrected chi connectivity index (χ0v) is 18.2. The van der Waals surface area contributed by atoms with Crippen molar-refractivity contribution in [3.8, 4) is 11.1 Å². The number of nitrogens with zero attached hydrogens (tertiary/aromatic N) is 4. The number of carbonyl (C=O) groups excluding carboxylic acids is 1. The highest BCUT2D eigenvalue weighted by atomic mass is 19.1. The topological polar surface area (TPSA) is 62.5 Å². The number of furan rings is 1. The molecule has 2 aliphatic rings. The minimum atomic E-state index is -0.475. The number of benzene rings is 2. The standard InChI is InChI=1S/C26H23FN4O2/c1-16-24-22(10-11-33-24)29-26(28-16)31-14-18-12-30(13-19(18)15-31)25(32)23-20(8-5-9-21(23)27)17-6-3-2-4-7-17/h2-11,18-19H,12-15H2,1H3/t18-,19+. The van der Waals surface area contributed by atoms with Gasteiger partial charge in [-0.2, -0.15) is 0 Å². The highest BCUT2D eigenvalue weighted by molar-refractivity contribution is 6.01. The molecule has 7 heteroatoms. The van der Waals surface area contributed by atoms with Gasteiger partial charge in [0.25, 0.3) is 5.91 Å². The Morgan fingerprint density at radius 3 is 2.48 bits per heavy atom. The van der Waals surface area contributed by atoms with Gasteiger partial charge in [0, 0.05) is 44.1 Å². The summed E-state index contributed by atoms with van der Waals surface area (Å²) in [5, 5.41) is 0. The molecule has 2 aliphatic heterocycles. The van der Waals surface area contributed by atoms with Crippen molar-refractivity contribution in [1.82, 2.24) is 14.9 Å². The van der Waals surface area contributed by atoms with Gasteiger partial charge in [-0.15, -0.1) is 0 Å². The molecule has 4 aromatic rings. The summed E-state index contributed by atoms with van der Waals surface area (Å²) in [7, 11) is 0. The molecule has 0 radical (unpaired) electrons. The Morgan fingerprint density at radius 1 is 0.970 bits per heavy atom. The molecular formula is C26H23FN4O2. The Balaban J connectivity index is 1.22. The summed E-state index contributed by atoms with van der Waals surface area (Å²) in [4.78, 5) is 26.7. The van der Waals surface area contributed by atoms with Crippen molar-refractivity contribution in [2.24, 2.45) is 11.8 Å². The molecule has 6 nitrogen and oxygen atoms in total. The molecule has 4 heterocycles. The fraction of sp³-hybridized carbons (Fsp3) is 0.269. The van der Waals surface area contributed by atoms with Crippen LogP contribution < -0.4 is 4.90 Å². The van der Waals surface area contributed by atoms with Crippen molar-refractivity contribution in [2.45, 2.75) is 6.92 Å². The molecule has 0 spiro atoms. The average molecular weight is 442 g/mol. The highest BCUT2D eigenvalue weighted by Crippen LogP contribution is 2.36. The van der Waals surface area contributed by atoms with Gasteiger partial charge in [0.05, 0.1) is 17.5 Å². The third-order valence-corrected chi connectivity index (χ3v) is 6.83. The van der Waals surface area contributed by atoms with E-state index in [-0.39, 0.29) is 11.5 Å². The minimum Gasteiger partial charge on any atom is -0.461 e. The van der Waals surface area contributed by atoms with Gasteiger partial charge < -0.3 is 14.2 Å². The van der Waals surface area contributed by atoms with Crippen LogP contribution in [-0.2, 0) is 0 Å². The molecule has 0 unspecified atom stereocenters. The third-order valence-electron chi connectivity index (χ3n) is 6.83. The van der Waals surface area contributed by atoms with Gasteiger partial charge in [-0.25, -0.2) is 14.4 Å². The summed E-state index contributed by atoms with van der Waals surface area (Å²) in [6.45, 7) is 4.69. The van der Waals surface area contributed by atoms with Gasteiger partial charge in [-0.05, 0) is 24.1 Å². The van der Waals surface area contributed by atoms with Gasteiger partial charge in [-0.3, -0.25) is 4.79 Å². The maximum absolute atomic E-state index is 14.9. The van der Waals surface area contributed by atoms with E-state index in [1.54, 1.807) is 12.3 Å². The van der Waals surface area contributed by atoms with E-state index in [0.29, 0.717) is 42.0 Å². The largest absolute Gasteiger partial charge is 0.461 e. The first-order chi connectivity index (χ1) is 16.1. The number of likely N-dealkylation sites (tertiary alicyclic amines) is 1. The van der Waals surface area contributed by atoms with Crippen molar-refractivity contribution in [2.75, 3.05) is 31.1 Å². The van der Waals surface area contributed by atoms with Crippen LogP contribution in [0.3, 0.4) is 0 Å². The zero-order valence-electron chi connectivity index (χ0n) is 18.2. The summed E-state index contributed by atoms with van der Waals surface area (Å²) < 4.78 is 20.3. The number of fused-ring (bicyclic) bond motifs is 2. The molecule has 2 saturated heterocycles. The van der Waals surface area contributed by atoms with E-state index in [9.17, 15) is 9.18 Å². The van der Waals surface area contributed by atoms with E-state index in [2.05, 4.69) is 14.9 Å². The summed E-state index contributed by atoms with van der Waals surface area (Å²) in [5.41, 5.74) is 3.98. The predicted octanol–water partition coefficient (Wildman–Crippen LogP) is 4.55.